The van der Waals surface area contributed by atoms with E-state index in [9.17, 15) is 10.0 Å². The number of amides is 1. The smallest absolute Gasteiger partial charge is 0.231 e. The van der Waals surface area contributed by atoms with Gasteiger partial charge in [-0.25, -0.2) is 4.98 Å². The van der Waals surface area contributed by atoms with Crippen LogP contribution < -0.4 is 9.63 Å². The highest BCUT2D eigenvalue weighted by Gasteiger charge is 2.25. The molecule has 1 unspecified atom stereocenters. The van der Waals surface area contributed by atoms with Crippen LogP contribution in [0.5, 0.6) is 0 Å². The number of carbonyl (C=O) groups excluding carboxylic acids is 1. The molecule has 0 aromatic carbocycles. The third-order valence-electron chi connectivity index (χ3n) is 3.26. The molecule has 0 aliphatic heterocycles. The Kier molecular flexibility index (Phi) is 6.26. The van der Waals surface area contributed by atoms with Crippen LogP contribution in [0.1, 0.15) is 13.8 Å². The van der Waals surface area contributed by atoms with Gasteiger partial charge in [0.2, 0.25) is 5.91 Å². The lowest BCUT2D eigenvalue weighted by atomic mass is 10.2. The lowest BCUT2D eigenvalue weighted by molar-refractivity contribution is -0.604. The fourth-order valence-electron chi connectivity index (χ4n) is 2.15. The first-order chi connectivity index (χ1) is 11.0. The number of hydrogen-bond acceptors (Lipinski definition) is 5. The molecule has 0 aliphatic rings. The number of aromatic nitrogens is 2. The Bertz CT molecular complexity index is 693. The van der Waals surface area contributed by atoms with Crippen molar-refractivity contribution in [3.8, 4) is 10.6 Å². The zero-order valence-corrected chi connectivity index (χ0v) is 15.5. The van der Waals surface area contributed by atoms with Crippen LogP contribution in [-0.4, -0.2) is 29.4 Å². The van der Waals surface area contributed by atoms with E-state index in [2.05, 4.69) is 4.98 Å². The van der Waals surface area contributed by atoms with E-state index < -0.39 is 0 Å². The lowest BCUT2D eigenvalue weighted by Gasteiger charge is -2.22. The highest BCUT2D eigenvalue weighted by Crippen LogP contribution is 2.37. The van der Waals surface area contributed by atoms with Gasteiger partial charge >= 0.3 is 0 Å². The summed E-state index contributed by atoms with van der Waals surface area (Å²) < 4.78 is 0.716. The molecule has 0 radical (unpaired) electrons. The largest absolute Gasteiger partial charge is 0.619 e. The summed E-state index contributed by atoms with van der Waals surface area (Å²) in [4.78, 5) is 18.6. The summed E-state index contributed by atoms with van der Waals surface area (Å²) in [6.45, 7) is 4.34. The van der Waals surface area contributed by atoms with Crippen LogP contribution in [0.4, 0.5) is 5.00 Å². The van der Waals surface area contributed by atoms with Crippen LogP contribution >= 0.6 is 34.7 Å². The maximum Gasteiger partial charge on any atom is 0.231 e. The molecule has 2 heterocycles. The van der Waals surface area contributed by atoms with Gasteiger partial charge in [-0.3, -0.25) is 4.79 Å². The molecule has 8 heteroatoms. The fraction of sp³-hybridized carbons (Fsp3) is 0.400. The van der Waals surface area contributed by atoms with Crippen molar-refractivity contribution < 1.29 is 9.52 Å². The van der Waals surface area contributed by atoms with Crippen LogP contribution in [0.3, 0.4) is 0 Å². The Labute approximate surface area is 148 Å². The predicted molar refractivity (Wildman–Crippen MR) is 97.1 cm³/mol. The Balaban J connectivity index is 2.33. The molecule has 0 aliphatic carbocycles. The molecule has 2 aromatic rings. The van der Waals surface area contributed by atoms with E-state index >= 15 is 0 Å². The first-order valence-corrected chi connectivity index (χ1v) is 9.72. The summed E-state index contributed by atoms with van der Waals surface area (Å²) >= 11 is 9.21. The van der Waals surface area contributed by atoms with E-state index in [4.69, 9.17) is 11.6 Å². The summed E-state index contributed by atoms with van der Waals surface area (Å²) in [5.41, 5.74) is 0.682. The minimum Gasteiger partial charge on any atom is -0.619 e. The van der Waals surface area contributed by atoms with E-state index in [-0.39, 0.29) is 17.0 Å². The van der Waals surface area contributed by atoms with Crippen LogP contribution in [0, 0.1) is 11.1 Å². The van der Waals surface area contributed by atoms with Gasteiger partial charge in [0.15, 0.2) is 17.5 Å². The average molecular weight is 372 g/mol. The molecule has 0 fully saturated rings. The number of pyridine rings is 1. The monoisotopic (exact) mass is 371 g/mol. The first-order valence-electron chi connectivity index (χ1n) is 7.13. The van der Waals surface area contributed by atoms with Crippen molar-refractivity contribution in [3.05, 3.63) is 34.9 Å². The van der Waals surface area contributed by atoms with E-state index in [0.29, 0.717) is 26.8 Å². The minimum atomic E-state index is -0.0907. The second-order valence-corrected chi connectivity index (χ2v) is 7.25. The minimum absolute atomic E-state index is 0.0332. The molecule has 0 saturated carbocycles. The second-order valence-electron chi connectivity index (χ2n) is 5.01. The Morgan fingerprint density at radius 2 is 2.35 bits per heavy atom. The lowest BCUT2D eigenvalue weighted by Crippen LogP contribution is -2.35. The van der Waals surface area contributed by atoms with Gasteiger partial charge in [0.1, 0.15) is 10.0 Å². The Morgan fingerprint density at radius 3 is 2.96 bits per heavy atom. The van der Waals surface area contributed by atoms with Crippen LogP contribution in [0.25, 0.3) is 10.6 Å². The number of halogens is 1. The summed E-state index contributed by atoms with van der Waals surface area (Å²) in [5, 5.41) is 13.0. The zero-order chi connectivity index (χ0) is 17.0. The predicted octanol–water partition coefficient (Wildman–Crippen LogP) is 3.45. The van der Waals surface area contributed by atoms with Gasteiger partial charge in [0, 0.05) is 24.3 Å². The van der Waals surface area contributed by atoms with Crippen molar-refractivity contribution >= 4 is 45.6 Å². The van der Waals surface area contributed by atoms with E-state index in [1.165, 1.54) is 23.7 Å². The Morgan fingerprint density at radius 1 is 1.61 bits per heavy atom. The van der Waals surface area contributed by atoms with Crippen molar-refractivity contribution in [1.82, 2.24) is 4.98 Å². The third kappa shape index (κ3) is 4.16. The van der Waals surface area contributed by atoms with Gasteiger partial charge in [-0.1, -0.05) is 29.9 Å². The van der Waals surface area contributed by atoms with Crippen molar-refractivity contribution in [3.63, 3.8) is 0 Å². The molecular formula is C15H18ClN3O2S2. The SMILES string of the molecule is CCN(C(=O)C(C)CSC)c1sc(-c2ccc[n+]([O-])c2)nc1Cl. The van der Waals surface area contributed by atoms with Gasteiger partial charge in [-0.2, -0.15) is 16.5 Å². The number of thioether (sulfide) groups is 1. The standard InChI is InChI=1S/C15H18ClN3O2S2/c1-4-19(14(20)10(2)9-22-3)15-12(16)17-13(23-15)11-6-5-7-18(21)8-11/h5-8,10H,4,9H2,1-3H3. The Hall–Kier alpha value is -1.31. The zero-order valence-electron chi connectivity index (χ0n) is 13.2. The summed E-state index contributed by atoms with van der Waals surface area (Å²) in [6, 6.07) is 3.45. The van der Waals surface area contributed by atoms with Gasteiger partial charge in [-0.05, 0) is 19.2 Å². The quantitative estimate of drug-likeness (QED) is 0.576. The first kappa shape index (κ1) is 18.0. The number of anilines is 1. The maximum absolute atomic E-state index is 12.6. The molecular weight excluding hydrogens is 354 g/mol. The number of hydrogen-bond donors (Lipinski definition) is 0. The van der Waals surface area contributed by atoms with Crippen molar-refractivity contribution in [2.45, 2.75) is 13.8 Å². The van der Waals surface area contributed by atoms with Gasteiger partial charge in [0.25, 0.3) is 0 Å². The van der Waals surface area contributed by atoms with Crippen molar-refractivity contribution in [1.29, 1.82) is 0 Å². The summed E-state index contributed by atoms with van der Waals surface area (Å²) in [6.07, 6.45) is 4.82. The van der Waals surface area contributed by atoms with E-state index in [1.54, 1.807) is 28.8 Å². The third-order valence-corrected chi connectivity index (χ3v) is 5.59. The van der Waals surface area contributed by atoms with Crippen LogP contribution in [0.2, 0.25) is 5.15 Å². The average Bonchev–Trinajstić information content (AvgIpc) is 2.90. The molecule has 1 amide bonds. The van der Waals surface area contributed by atoms with Crippen LogP contribution in [0.15, 0.2) is 24.5 Å². The number of nitrogens with zero attached hydrogens (tertiary/aromatic N) is 3. The molecule has 2 rings (SSSR count). The summed E-state index contributed by atoms with van der Waals surface area (Å²) in [7, 11) is 0. The molecule has 0 saturated heterocycles. The topological polar surface area (TPSA) is 60.1 Å². The van der Waals surface area contributed by atoms with E-state index in [0.717, 1.165) is 5.75 Å². The molecule has 0 bridgehead atoms. The normalized spacial score (nSPS) is 12.2. The van der Waals surface area contributed by atoms with Gasteiger partial charge in [0.05, 0.1) is 5.56 Å². The summed E-state index contributed by atoms with van der Waals surface area (Å²) in [5.74, 6) is 0.700. The fourth-order valence-corrected chi connectivity index (χ4v) is 4.16. The maximum atomic E-state index is 12.6. The molecule has 2 aromatic heterocycles. The number of thiazole rings is 1. The van der Waals surface area contributed by atoms with Gasteiger partial charge < -0.3 is 10.1 Å². The van der Waals surface area contributed by atoms with Crippen LogP contribution in [-0.2, 0) is 4.79 Å². The van der Waals surface area contributed by atoms with Crippen molar-refractivity contribution in [2.75, 3.05) is 23.5 Å². The molecule has 124 valence electrons. The highest BCUT2D eigenvalue weighted by atomic mass is 35.5. The molecule has 0 spiro atoms. The van der Waals surface area contributed by atoms with Gasteiger partial charge in [-0.15, -0.1) is 0 Å². The number of rotatable bonds is 6. The second kappa shape index (κ2) is 7.99. The molecule has 1 atom stereocenters. The van der Waals surface area contributed by atoms with E-state index in [1.807, 2.05) is 20.1 Å². The molecule has 0 N–H and O–H groups in total. The highest BCUT2D eigenvalue weighted by molar-refractivity contribution is 7.98. The van der Waals surface area contributed by atoms with Crippen molar-refractivity contribution in [2.24, 2.45) is 5.92 Å². The molecule has 23 heavy (non-hydrogen) atoms. The molecule has 5 nitrogen and oxygen atoms in total. The number of carbonyl (C=O) groups is 1.